The number of aryl methyl sites for hydroxylation is 2. The summed E-state index contributed by atoms with van der Waals surface area (Å²) >= 11 is 0. The SMILES string of the molecule is CNC(Cc1ccc(C)cc1)c1ccc(C)o1. The van der Waals surface area contributed by atoms with Crippen molar-refractivity contribution in [3.63, 3.8) is 0 Å². The lowest BCUT2D eigenvalue weighted by Crippen LogP contribution is -2.18. The molecule has 0 aliphatic heterocycles. The Hall–Kier alpha value is -1.54. The average Bonchev–Trinajstić information content (AvgIpc) is 2.75. The molecule has 1 aromatic heterocycles. The molecule has 0 saturated carbocycles. The quantitative estimate of drug-likeness (QED) is 0.869. The minimum Gasteiger partial charge on any atom is -0.465 e. The number of likely N-dealkylation sites (N-methyl/N-ethyl adjacent to an activating group) is 1. The predicted octanol–water partition coefficient (Wildman–Crippen LogP) is 3.40. The van der Waals surface area contributed by atoms with Gasteiger partial charge in [-0.25, -0.2) is 0 Å². The maximum atomic E-state index is 5.67. The Morgan fingerprint density at radius 2 is 1.76 bits per heavy atom. The van der Waals surface area contributed by atoms with E-state index in [-0.39, 0.29) is 6.04 Å². The molecule has 0 radical (unpaired) electrons. The molecule has 0 spiro atoms. The molecule has 17 heavy (non-hydrogen) atoms. The average molecular weight is 229 g/mol. The van der Waals surface area contributed by atoms with Gasteiger partial charge >= 0.3 is 0 Å². The summed E-state index contributed by atoms with van der Waals surface area (Å²) in [5.41, 5.74) is 2.62. The molecule has 0 amide bonds. The first-order chi connectivity index (χ1) is 8.19. The third kappa shape index (κ3) is 2.98. The van der Waals surface area contributed by atoms with E-state index in [4.69, 9.17) is 4.42 Å². The molecule has 1 unspecified atom stereocenters. The molecular weight excluding hydrogens is 210 g/mol. The van der Waals surface area contributed by atoms with E-state index in [1.165, 1.54) is 11.1 Å². The van der Waals surface area contributed by atoms with Crippen LogP contribution >= 0.6 is 0 Å². The first-order valence-corrected chi connectivity index (χ1v) is 5.98. The lowest BCUT2D eigenvalue weighted by atomic mass is 10.0. The van der Waals surface area contributed by atoms with Gasteiger partial charge in [-0.05, 0) is 45.0 Å². The largest absolute Gasteiger partial charge is 0.465 e. The Bertz CT molecular complexity index is 470. The van der Waals surface area contributed by atoms with Crippen molar-refractivity contribution in [3.8, 4) is 0 Å². The summed E-state index contributed by atoms with van der Waals surface area (Å²) in [6.07, 6.45) is 0.948. The van der Waals surface area contributed by atoms with E-state index in [2.05, 4.69) is 36.5 Å². The van der Waals surface area contributed by atoms with E-state index in [9.17, 15) is 0 Å². The predicted molar refractivity (Wildman–Crippen MR) is 70.1 cm³/mol. The fourth-order valence-electron chi connectivity index (χ4n) is 1.95. The van der Waals surface area contributed by atoms with Crippen molar-refractivity contribution in [3.05, 3.63) is 59.0 Å². The number of hydrogen-bond donors (Lipinski definition) is 1. The van der Waals surface area contributed by atoms with Crippen molar-refractivity contribution in [1.82, 2.24) is 5.32 Å². The summed E-state index contributed by atoms with van der Waals surface area (Å²) in [6, 6.07) is 12.9. The Morgan fingerprint density at radius 3 is 2.29 bits per heavy atom. The zero-order chi connectivity index (χ0) is 12.3. The van der Waals surface area contributed by atoms with Gasteiger partial charge < -0.3 is 9.73 Å². The molecule has 2 rings (SSSR count). The Labute approximate surface area is 103 Å². The lowest BCUT2D eigenvalue weighted by molar-refractivity contribution is 0.414. The van der Waals surface area contributed by atoms with Crippen LogP contribution in [0.3, 0.4) is 0 Å². The fourth-order valence-corrected chi connectivity index (χ4v) is 1.95. The van der Waals surface area contributed by atoms with Gasteiger partial charge in [-0.15, -0.1) is 0 Å². The second-order valence-electron chi connectivity index (χ2n) is 4.48. The first kappa shape index (κ1) is 11.9. The highest BCUT2D eigenvalue weighted by Gasteiger charge is 2.13. The Balaban J connectivity index is 2.12. The molecular formula is C15H19NO. The summed E-state index contributed by atoms with van der Waals surface area (Å²) in [4.78, 5) is 0. The zero-order valence-corrected chi connectivity index (χ0v) is 10.7. The molecule has 0 bridgehead atoms. The molecule has 1 N–H and O–H groups in total. The molecule has 1 atom stereocenters. The van der Waals surface area contributed by atoms with Crippen LogP contribution in [0.5, 0.6) is 0 Å². The van der Waals surface area contributed by atoms with Crippen LogP contribution in [0.4, 0.5) is 0 Å². The fraction of sp³-hybridized carbons (Fsp3) is 0.333. The molecule has 0 fully saturated rings. The summed E-state index contributed by atoms with van der Waals surface area (Å²) in [5.74, 6) is 1.97. The number of furan rings is 1. The van der Waals surface area contributed by atoms with E-state index >= 15 is 0 Å². The van der Waals surface area contributed by atoms with Crippen LogP contribution in [0, 0.1) is 13.8 Å². The maximum Gasteiger partial charge on any atom is 0.121 e. The standard InChI is InChI=1S/C15H19NO/c1-11-4-7-13(8-5-11)10-14(16-3)15-9-6-12(2)17-15/h4-9,14,16H,10H2,1-3H3. The highest BCUT2D eigenvalue weighted by molar-refractivity contribution is 5.23. The maximum absolute atomic E-state index is 5.67. The highest BCUT2D eigenvalue weighted by atomic mass is 16.3. The zero-order valence-electron chi connectivity index (χ0n) is 10.7. The third-order valence-electron chi connectivity index (χ3n) is 3.01. The van der Waals surface area contributed by atoms with Crippen molar-refractivity contribution >= 4 is 0 Å². The summed E-state index contributed by atoms with van der Waals surface area (Å²) in [5, 5.41) is 3.30. The van der Waals surface area contributed by atoms with Gasteiger partial charge in [0.2, 0.25) is 0 Å². The molecule has 2 nitrogen and oxygen atoms in total. The number of benzene rings is 1. The van der Waals surface area contributed by atoms with Crippen LogP contribution in [-0.2, 0) is 6.42 Å². The van der Waals surface area contributed by atoms with Crippen LogP contribution in [0.1, 0.15) is 28.7 Å². The van der Waals surface area contributed by atoms with E-state index in [0.717, 1.165) is 17.9 Å². The topological polar surface area (TPSA) is 25.2 Å². The van der Waals surface area contributed by atoms with Gasteiger partial charge in [0.1, 0.15) is 11.5 Å². The van der Waals surface area contributed by atoms with Gasteiger partial charge in [-0.2, -0.15) is 0 Å². The Morgan fingerprint density at radius 1 is 1.06 bits per heavy atom. The van der Waals surface area contributed by atoms with E-state index in [1.807, 2.05) is 26.1 Å². The second kappa shape index (κ2) is 5.19. The molecule has 0 aliphatic carbocycles. The number of rotatable bonds is 4. The summed E-state index contributed by atoms with van der Waals surface area (Å²) in [7, 11) is 1.97. The van der Waals surface area contributed by atoms with Crippen molar-refractivity contribution < 1.29 is 4.42 Å². The normalized spacial score (nSPS) is 12.6. The van der Waals surface area contributed by atoms with Crippen molar-refractivity contribution in [2.24, 2.45) is 0 Å². The van der Waals surface area contributed by atoms with Crippen LogP contribution < -0.4 is 5.32 Å². The highest BCUT2D eigenvalue weighted by Crippen LogP contribution is 2.20. The monoisotopic (exact) mass is 229 g/mol. The van der Waals surface area contributed by atoms with E-state index in [1.54, 1.807) is 0 Å². The number of nitrogens with one attached hydrogen (secondary N) is 1. The van der Waals surface area contributed by atoms with E-state index in [0.29, 0.717) is 0 Å². The van der Waals surface area contributed by atoms with Crippen LogP contribution in [-0.4, -0.2) is 7.05 Å². The molecule has 1 heterocycles. The smallest absolute Gasteiger partial charge is 0.121 e. The minimum absolute atomic E-state index is 0.242. The van der Waals surface area contributed by atoms with E-state index < -0.39 is 0 Å². The first-order valence-electron chi connectivity index (χ1n) is 5.98. The van der Waals surface area contributed by atoms with Crippen LogP contribution in [0.2, 0.25) is 0 Å². The second-order valence-corrected chi connectivity index (χ2v) is 4.48. The van der Waals surface area contributed by atoms with Crippen molar-refractivity contribution in [2.45, 2.75) is 26.3 Å². The van der Waals surface area contributed by atoms with Gasteiger partial charge in [0.25, 0.3) is 0 Å². The number of hydrogen-bond acceptors (Lipinski definition) is 2. The van der Waals surface area contributed by atoms with Gasteiger partial charge in [-0.1, -0.05) is 29.8 Å². The van der Waals surface area contributed by atoms with Gasteiger partial charge in [0, 0.05) is 0 Å². The summed E-state index contributed by atoms with van der Waals surface area (Å²) < 4.78 is 5.67. The van der Waals surface area contributed by atoms with Crippen molar-refractivity contribution in [2.75, 3.05) is 7.05 Å². The van der Waals surface area contributed by atoms with Crippen LogP contribution in [0.15, 0.2) is 40.8 Å². The molecule has 2 heteroatoms. The minimum atomic E-state index is 0.242. The summed E-state index contributed by atoms with van der Waals surface area (Å²) in [6.45, 7) is 4.08. The molecule has 1 aromatic carbocycles. The van der Waals surface area contributed by atoms with Crippen LogP contribution in [0.25, 0.3) is 0 Å². The molecule has 0 saturated heterocycles. The molecule has 2 aromatic rings. The van der Waals surface area contributed by atoms with Gasteiger partial charge in [0.05, 0.1) is 6.04 Å². The van der Waals surface area contributed by atoms with Crippen molar-refractivity contribution in [1.29, 1.82) is 0 Å². The molecule has 0 aliphatic rings. The molecule has 90 valence electrons. The van der Waals surface area contributed by atoms with Gasteiger partial charge in [-0.3, -0.25) is 0 Å². The Kier molecular flexibility index (Phi) is 3.64. The third-order valence-corrected chi connectivity index (χ3v) is 3.01. The lowest BCUT2D eigenvalue weighted by Gasteiger charge is -2.13. The van der Waals surface area contributed by atoms with Gasteiger partial charge in [0.15, 0.2) is 0 Å².